The van der Waals surface area contributed by atoms with Gasteiger partial charge >= 0.3 is 0 Å². The van der Waals surface area contributed by atoms with E-state index in [0.717, 1.165) is 41.0 Å². The van der Waals surface area contributed by atoms with Gasteiger partial charge in [-0.25, -0.2) is 9.97 Å². The number of aromatic nitrogens is 2. The molecule has 2 aliphatic carbocycles. The molecule has 154 valence electrons. The van der Waals surface area contributed by atoms with Crippen LogP contribution in [0.5, 0.6) is 0 Å². The van der Waals surface area contributed by atoms with Crippen LogP contribution in [0.25, 0.3) is 11.0 Å². The van der Waals surface area contributed by atoms with Crippen LogP contribution in [0.4, 0.5) is 5.69 Å². The van der Waals surface area contributed by atoms with Gasteiger partial charge in [0.2, 0.25) is 5.91 Å². The second kappa shape index (κ2) is 5.90. The molecule has 5 rings (SSSR count). The number of likely N-dealkylation sites (N-methyl/N-ethyl adjacent to an activating group) is 1. The molecule has 0 saturated heterocycles. The molecular weight excluding hydrogens is 370 g/mol. The molecule has 2 atom stereocenters. The van der Waals surface area contributed by atoms with Crippen LogP contribution in [0.2, 0.25) is 0 Å². The van der Waals surface area contributed by atoms with Gasteiger partial charge in [0.1, 0.15) is 0 Å². The number of hydrogen-bond acceptors (Lipinski definition) is 3. The minimum Gasteiger partial charge on any atom is -0.315 e. The number of para-hydroxylation sites is 1. The summed E-state index contributed by atoms with van der Waals surface area (Å²) in [7, 11) is 1.89. The third kappa shape index (κ3) is 2.09. The van der Waals surface area contributed by atoms with Crippen molar-refractivity contribution in [1.82, 2.24) is 9.97 Å². The van der Waals surface area contributed by atoms with Crippen molar-refractivity contribution in [1.29, 1.82) is 0 Å². The lowest BCUT2D eigenvalue weighted by Gasteiger charge is -2.41. The third-order valence-corrected chi connectivity index (χ3v) is 8.47. The van der Waals surface area contributed by atoms with Crippen molar-refractivity contribution in [3.8, 4) is 0 Å². The Morgan fingerprint density at radius 2 is 1.47 bits per heavy atom. The molecule has 4 heteroatoms. The van der Waals surface area contributed by atoms with Gasteiger partial charge in [-0.3, -0.25) is 4.79 Å². The van der Waals surface area contributed by atoms with Gasteiger partial charge < -0.3 is 4.90 Å². The van der Waals surface area contributed by atoms with E-state index in [9.17, 15) is 4.79 Å². The molecule has 4 nitrogen and oxygen atoms in total. The Labute approximate surface area is 178 Å². The minimum absolute atomic E-state index is 0.124. The second-order valence-corrected chi connectivity index (χ2v) is 9.91. The molecule has 1 saturated carbocycles. The summed E-state index contributed by atoms with van der Waals surface area (Å²) < 4.78 is 0. The first kappa shape index (κ1) is 19.2. The zero-order valence-electron chi connectivity index (χ0n) is 18.7. The average molecular weight is 400 g/mol. The number of fused-ring (bicyclic) bond motifs is 6. The first-order chi connectivity index (χ1) is 14.1. The summed E-state index contributed by atoms with van der Waals surface area (Å²) in [6.07, 6.45) is 1.76. The van der Waals surface area contributed by atoms with E-state index in [4.69, 9.17) is 9.97 Å². The fourth-order valence-electron chi connectivity index (χ4n) is 5.89. The lowest BCUT2D eigenvalue weighted by molar-refractivity contribution is -0.127. The zero-order valence-corrected chi connectivity index (χ0v) is 18.7. The molecule has 1 amide bonds. The molecule has 30 heavy (non-hydrogen) atoms. The molecule has 2 aromatic carbocycles. The fourth-order valence-corrected chi connectivity index (χ4v) is 5.89. The van der Waals surface area contributed by atoms with Crippen molar-refractivity contribution >= 4 is 22.6 Å². The van der Waals surface area contributed by atoms with Crippen LogP contribution in [-0.4, -0.2) is 22.9 Å². The summed E-state index contributed by atoms with van der Waals surface area (Å²) in [5, 5.41) is 0. The average Bonchev–Trinajstić information content (AvgIpc) is 3.02. The standard InChI is InChI=1S/C26H29N3O/c1-16-14-19-20(15-17(16)2)28-22-21(27-19)25(5)12-13-26(22,24(25,3)4)23(30)29(6)18-10-8-7-9-11-18/h7-11,14-15H,12-13H2,1-6H3. The quantitative estimate of drug-likeness (QED) is 0.592. The summed E-state index contributed by atoms with van der Waals surface area (Å²) in [6.45, 7) is 11.0. The van der Waals surface area contributed by atoms with Gasteiger partial charge in [0, 0.05) is 18.2 Å². The molecule has 3 aromatic rings. The Hall–Kier alpha value is -2.75. The highest BCUT2D eigenvalue weighted by Gasteiger charge is 2.73. The van der Waals surface area contributed by atoms with Gasteiger partial charge in [0.05, 0.1) is 27.8 Å². The van der Waals surface area contributed by atoms with E-state index < -0.39 is 5.41 Å². The zero-order chi connectivity index (χ0) is 21.5. The Morgan fingerprint density at radius 3 is 2.07 bits per heavy atom. The number of carbonyl (C=O) groups is 1. The van der Waals surface area contributed by atoms with E-state index in [-0.39, 0.29) is 16.7 Å². The van der Waals surface area contributed by atoms with Crippen LogP contribution in [0.1, 0.15) is 56.1 Å². The van der Waals surface area contributed by atoms with Gasteiger partial charge in [-0.15, -0.1) is 0 Å². The summed E-state index contributed by atoms with van der Waals surface area (Å²) in [6, 6.07) is 14.1. The third-order valence-electron chi connectivity index (χ3n) is 8.47. The van der Waals surface area contributed by atoms with E-state index in [2.05, 4.69) is 46.8 Å². The van der Waals surface area contributed by atoms with E-state index in [0.29, 0.717) is 0 Å². The fraction of sp³-hybridized carbons (Fsp3) is 0.423. The molecule has 1 aromatic heterocycles. The summed E-state index contributed by atoms with van der Waals surface area (Å²) >= 11 is 0. The largest absolute Gasteiger partial charge is 0.315 e. The SMILES string of the molecule is Cc1cc2nc3c(nc2cc1C)C1(C(=O)N(C)c2ccccc2)CCC3(C)C1(C)C. The Morgan fingerprint density at radius 1 is 0.900 bits per heavy atom. The van der Waals surface area contributed by atoms with Gasteiger partial charge in [-0.1, -0.05) is 39.0 Å². The maximum Gasteiger partial charge on any atom is 0.239 e. The summed E-state index contributed by atoms with van der Waals surface area (Å²) in [5.41, 5.74) is 5.95. The number of benzene rings is 2. The number of rotatable bonds is 2. The van der Waals surface area contributed by atoms with Crippen LogP contribution in [0.3, 0.4) is 0 Å². The molecule has 0 spiro atoms. The smallest absolute Gasteiger partial charge is 0.239 e. The van der Waals surface area contributed by atoms with E-state index in [1.54, 1.807) is 0 Å². The topological polar surface area (TPSA) is 46.1 Å². The number of carbonyl (C=O) groups excluding carboxylic acids is 1. The molecule has 1 heterocycles. The summed E-state index contributed by atoms with van der Waals surface area (Å²) in [4.78, 5) is 26.3. The Balaban J connectivity index is 1.76. The normalized spacial score (nSPS) is 26.1. The molecule has 2 unspecified atom stereocenters. The van der Waals surface area contributed by atoms with Crippen molar-refractivity contribution in [2.45, 2.75) is 58.3 Å². The monoisotopic (exact) mass is 399 g/mol. The van der Waals surface area contributed by atoms with Crippen LogP contribution < -0.4 is 4.90 Å². The second-order valence-electron chi connectivity index (χ2n) is 9.91. The molecule has 2 aliphatic rings. The van der Waals surface area contributed by atoms with E-state index in [1.807, 2.05) is 42.3 Å². The number of aryl methyl sites for hydroxylation is 2. The maximum absolute atomic E-state index is 14.2. The minimum atomic E-state index is -0.665. The number of anilines is 1. The molecular formula is C26H29N3O. The lowest BCUT2D eigenvalue weighted by Crippen LogP contribution is -2.52. The van der Waals surface area contributed by atoms with E-state index >= 15 is 0 Å². The van der Waals surface area contributed by atoms with Crippen LogP contribution in [0.15, 0.2) is 42.5 Å². The number of hydrogen-bond donors (Lipinski definition) is 0. The van der Waals surface area contributed by atoms with Gasteiger partial charge in [-0.05, 0) is 67.5 Å². The van der Waals surface area contributed by atoms with Crippen molar-refractivity contribution in [2.24, 2.45) is 5.41 Å². The molecule has 0 N–H and O–H groups in total. The highest BCUT2D eigenvalue weighted by atomic mass is 16.2. The van der Waals surface area contributed by atoms with Crippen molar-refractivity contribution in [2.75, 3.05) is 11.9 Å². The van der Waals surface area contributed by atoms with Crippen LogP contribution in [-0.2, 0) is 15.6 Å². The van der Waals surface area contributed by atoms with Gasteiger partial charge in [-0.2, -0.15) is 0 Å². The lowest BCUT2D eigenvalue weighted by atomic mass is 9.63. The number of amides is 1. The Bertz CT molecular complexity index is 1200. The van der Waals surface area contributed by atoms with E-state index in [1.165, 1.54) is 11.1 Å². The predicted octanol–water partition coefficient (Wildman–Crippen LogP) is 5.24. The molecule has 0 radical (unpaired) electrons. The predicted molar refractivity (Wildman–Crippen MR) is 121 cm³/mol. The van der Waals surface area contributed by atoms with Crippen molar-refractivity contribution in [3.05, 3.63) is 65.0 Å². The highest BCUT2D eigenvalue weighted by molar-refractivity contribution is 6.03. The first-order valence-electron chi connectivity index (χ1n) is 10.8. The highest BCUT2D eigenvalue weighted by Crippen LogP contribution is 2.70. The maximum atomic E-state index is 14.2. The molecule has 2 bridgehead atoms. The van der Waals surface area contributed by atoms with Crippen LogP contribution >= 0.6 is 0 Å². The van der Waals surface area contributed by atoms with Gasteiger partial charge in [0.15, 0.2) is 0 Å². The molecule has 0 aliphatic heterocycles. The van der Waals surface area contributed by atoms with Crippen molar-refractivity contribution < 1.29 is 4.79 Å². The van der Waals surface area contributed by atoms with Crippen molar-refractivity contribution in [3.63, 3.8) is 0 Å². The number of nitrogens with zero attached hydrogens (tertiary/aromatic N) is 3. The van der Waals surface area contributed by atoms with Crippen LogP contribution in [0, 0.1) is 19.3 Å². The van der Waals surface area contributed by atoms with Gasteiger partial charge in [0.25, 0.3) is 0 Å². The Kier molecular flexibility index (Phi) is 3.78. The summed E-state index contributed by atoms with van der Waals surface area (Å²) in [5.74, 6) is 0.124. The molecule has 1 fully saturated rings. The first-order valence-corrected chi connectivity index (χ1v) is 10.8.